The Morgan fingerprint density at radius 3 is 2.48 bits per heavy atom. The van der Waals surface area contributed by atoms with Gasteiger partial charge in [-0.25, -0.2) is 9.18 Å². The molecule has 0 saturated carbocycles. The predicted octanol–water partition coefficient (Wildman–Crippen LogP) is 3.32. The molecule has 0 aliphatic carbocycles. The molecule has 0 radical (unpaired) electrons. The van der Waals surface area contributed by atoms with Crippen molar-refractivity contribution in [2.45, 2.75) is 45.1 Å². The molecule has 1 aromatic rings. The summed E-state index contributed by atoms with van der Waals surface area (Å²) in [6.07, 6.45) is 4.77. The van der Waals surface area contributed by atoms with Gasteiger partial charge in [-0.05, 0) is 25.8 Å². The Morgan fingerprint density at radius 2 is 1.84 bits per heavy atom. The number of likely N-dealkylation sites (tertiary alicyclic amines) is 1. The Kier molecular flexibility index (Phi) is 7.22. The van der Waals surface area contributed by atoms with Crippen LogP contribution in [0.15, 0.2) is 24.3 Å². The van der Waals surface area contributed by atoms with Crippen LogP contribution in [0.2, 0.25) is 0 Å². The molecule has 0 spiro atoms. The Balaban J connectivity index is 1.79. The van der Waals surface area contributed by atoms with Gasteiger partial charge in [0.15, 0.2) is 0 Å². The fourth-order valence-electron chi connectivity index (χ4n) is 3.08. The molecule has 25 heavy (non-hydrogen) atoms. The van der Waals surface area contributed by atoms with E-state index in [2.05, 4.69) is 5.32 Å². The number of benzene rings is 1. The van der Waals surface area contributed by atoms with Crippen molar-refractivity contribution >= 4 is 11.9 Å². The maximum atomic E-state index is 13.9. The second kappa shape index (κ2) is 9.39. The van der Waals surface area contributed by atoms with Gasteiger partial charge >= 0.3 is 6.03 Å². The number of rotatable bonds is 5. The first kappa shape index (κ1) is 19.2. The SMILES string of the molecule is CC(c1ccccc1F)N(C)C(=O)NCCC(=O)N1CCCCCC1. The molecule has 3 amide bonds. The highest BCUT2D eigenvalue weighted by atomic mass is 19.1. The van der Waals surface area contributed by atoms with Crippen LogP contribution in [-0.2, 0) is 4.79 Å². The second-order valence-corrected chi connectivity index (χ2v) is 6.59. The van der Waals surface area contributed by atoms with E-state index < -0.39 is 0 Å². The Morgan fingerprint density at radius 1 is 1.20 bits per heavy atom. The van der Waals surface area contributed by atoms with E-state index >= 15 is 0 Å². The smallest absolute Gasteiger partial charge is 0.317 e. The van der Waals surface area contributed by atoms with Crippen LogP contribution in [0, 0.1) is 5.82 Å². The van der Waals surface area contributed by atoms with Crippen molar-refractivity contribution in [3.63, 3.8) is 0 Å². The molecule has 1 heterocycles. The topological polar surface area (TPSA) is 52.7 Å². The van der Waals surface area contributed by atoms with Crippen molar-refractivity contribution in [3.8, 4) is 0 Å². The first-order chi connectivity index (χ1) is 12.0. The molecule has 2 rings (SSSR count). The summed E-state index contributed by atoms with van der Waals surface area (Å²) in [4.78, 5) is 27.8. The molecule has 6 heteroatoms. The Labute approximate surface area is 149 Å². The van der Waals surface area contributed by atoms with Crippen LogP contribution in [0.25, 0.3) is 0 Å². The number of carbonyl (C=O) groups excluding carboxylic acids is 2. The van der Waals surface area contributed by atoms with Crippen LogP contribution in [0.4, 0.5) is 9.18 Å². The minimum absolute atomic E-state index is 0.0898. The van der Waals surface area contributed by atoms with Gasteiger partial charge in [-0.2, -0.15) is 0 Å². The van der Waals surface area contributed by atoms with Gasteiger partial charge in [0.25, 0.3) is 0 Å². The van der Waals surface area contributed by atoms with Crippen molar-refractivity contribution in [2.24, 2.45) is 0 Å². The fraction of sp³-hybridized carbons (Fsp3) is 0.579. The van der Waals surface area contributed by atoms with Crippen molar-refractivity contribution in [3.05, 3.63) is 35.6 Å². The van der Waals surface area contributed by atoms with Gasteiger partial charge in [-0.3, -0.25) is 4.79 Å². The van der Waals surface area contributed by atoms with Crippen molar-refractivity contribution in [2.75, 3.05) is 26.7 Å². The molecular formula is C19H28FN3O2. The first-order valence-electron chi connectivity index (χ1n) is 9.03. The lowest BCUT2D eigenvalue weighted by atomic mass is 10.1. The van der Waals surface area contributed by atoms with Crippen LogP contribution in [0.3, 0.4) is 0 Å². The van der Waals surface area contributed by atoms with E-state index in [0.717, 1.165) is 25.9 Å². The van der Waals surface area contributed by atoms with E-state index in [1.54, 1.807) is 32.2 Å². The van der Waals surface area contributed by atoms with Crippen LogP contribution >= 0.6 is 0 Å². The lowest BCUT2D eigenvalue weighted by Crippen LogP contribution is -2.41. The van der Waals surface area contributed by atoms with Crippen molar-refractivity contribution < 1.29 is 14.0 Å². The first-order valence-corrected chi connectivity index (χ1v) is 9.03. The normalized spacial score (nSPS) is 16.0. The third-order valence-corrected chi connectivity index (χ3v) is 4.83. The minimum Gasteiger partial charge on any atom is -0.343 e. The summed E-state index contributed by atoms with van der Waals surface area (Å²) in [5, 5.41) is 2.76. The number of hydrogen-bond donors (Lipinski definition) is 1. The third-order valence-electron chi connectivity index (χ3n) is 4.83. The summed E-state index contributed by atoms with van der Waals surface area (Å²) in [5.41, 5.74) is 0.473. The van der Waals surface area contributed by atoms with E-state index in [-0.39, 0.29) is 23.8 Å². The van der Waals surface area contributed by atoms with Gasteiger partial charge in [0, 0.05) is 38.7 Å². The lowest BCUT2D eigenvalue weighted by molar-refractivity contribution is -0.131. The molecule has 1 aliphatic heterocycles. The summed E-state index contributed by atoms with van der Waals surface area (Å²) in [6, 6.07) is 5.74. The maximum absolute atomic E-state index is 13.9. The highest BCUT2D eigenvalue weighted by Crippen LogP contribution is 2.21. The minimum atomic E-state index is -0.387. The van der Waals surface area contributed by atoms with E-state index in [4.69, 9.17) is 0 Å². The zero-order valence-electron chi connectivity index (χ0n) is 15.1. The molecule has 1 aromatic carbocycles. The van der Waals surface area contributed by atoms with Gasteiger partial charge < -0.3 is 15.1 Å². The number of nitrogens with zero attached hydrogens (tertiary/aromatic N) is 2. The molecule has 1 N–H and O–H groups in total. The largest absolute Gasteiger partial charge is 0.343 e. The quantitative estimate of drug-likeness (QED) is 0.886. The Bertz CT molecular complexity index is 586. The molecule has 1 saturated heterocycles. The number of carbonyl (C=O) groups is 2. The average Bonchev–Trinajstić information content (AvgIpc) is 2.90. The standard InChI is InChI=1S/C19H28FN3O2/c1-15(16-9-5-6-10-17(16)20)22(2)19(25)21-12-11-18(24)23-13-7-3-4-8-14-23/h5-6,9-10,15H,3-4,7-8,11-14H2,1-2H3,(H,21,25). The average molecular weight is 349 g/mol. The molecule has 5 nitrogen and oxygen atoms in total. The molecular weight excluding hydrogens is 321 g/mol. The summed E-state index contributed by atoms with van der Waals surface area (Å²) in [6.45, 7) is 3.71. The van der Waals surface area contributed by atoms with Gasteiger partial charge in [-0.1, -0.05) is 31.0 Å². The summed E-state index contributed by atoms with van der Waals surface area (Å²) in [5.74, 6) is -0.238. The van der Waals surface area contributed by atoms with Gasteiger partial charge in [0.2, 0.25) is 5.91 Å². The van der Waals surface area contributed by atoms with Gasteiger partial charge in [0.05, 0.1) is 6.04 Å². The van der Waals surface area contributed by atoms with Crippen LogP contribution in [0.1, 0.15) is 50.6 Å². The molecule has 1 aliphatic rings. The number of halogens is 1. The zero-order chi connectivity index (χ0) is 18.2. The highest BCUT2D eigenvalue weighted by Gasteiger charge is 2.20. The van der Waals surface area contributed by atoms with Crippen molar-refractivity contribution in [1.82, 2.24) is 15.1 Å². The van der Waals surface area contributed by atoms with Crippen LogP contribution in [0.5, 0.6) is 0 Å². The zero-order valence-corrected chi connectivity index (χ0v) is 15.1. The van der Waals surface area contributed by atoms with Crippen molar-refractivity contribution in [1.29, 1.82) is 0 Å². The summed E-state index contributed by atoms with van der Waals surface area (Å²) >= 11 is 0. The molecule has 0 bridgehead atoms. The maximum Gasteiger partial charge on any atom is 0.317 e. The van der Waals surface area contributed by atoms with E-state index in [1.165, 1.54) is 23.8 Å². The molecule has 1 unspecified atom stereocenters. The summed E-state index contributed by atoms with van der Waals surface area (Å²) in [7, 11) is 1.63. The third kappa shape index (κ3) is 5.44. The predicted molar refractivity (Wildman–Crippen MR) is 95.6 cm³/mol. The molecule has 0 aromatic heterocycles. The van der Waals surface area contributed by atoms with Crippen LogP contribution in [-0.4, -0.2) is 48.4 Å². The summed E-state index contributed by atoms with van der Waals surface area (Å²) < 4.78 is 13.9. The Hall–Kier alpha value is -2.11. The highest BCUT2D eigenvalue weighted by molar-refractivity contribution is 5.78. The number of amides is 3. The van der Waals surface area contributed by atoms with E-state index in [0.29, 0.717) is 18.5 Å². The molecule has 1 atom stereocenters. The molecule has 1 fully saturated rings. The van der Waals surface area contributed by atoms with Crippen LogP contribution < -0.4 is 5.32 Å². The monoisotopic (exact) mass is 349 g/mol. The van der Waals surface area contributed by atoms with Gasteiger partial charge in [-0.15, -0.1) is 0 Å². The van der Waals surface area contributed by atoms with E-state index in [9.17, 15) is 14.0 Å². The fourth-order valence-corrected chi connectivity index (χ4v) is 3.08. The van der Waals surface area contributed by atoms with E-state index in [1.807, 2.05) is 4.90 Å². The van der Waals surface area contributed by atoms with Gasteiger partial charge in [0.1, 0.15) is 5.82 Å². The number of urea groups is 1. The lowest BCUT2D eigenvalue weighted by Gasteiger charge is -2.26. The molecule has 138 valence electrons. The second-order valence-electron chi connectivity index (χ2n) is 6.59. The number of hydrogen-bond acceptors (Lipinski definition) is 2. The number of nitrogens with one attached hydrogen (secondary N) is 1.